The van der Waals surface area contributed by atoms with E-state index in [2.05, 4.69) is 4.90 Å². The third-order valence-corrected chi connectivity index (χ3v) is 4.01. The first-order chi connectivity index (χ1) is 10.1. The fourth-order valence-electron chi connectivity index (χ4n) is 2.78. The zero-order valence-corrected chi connectivity index (χ0v) is 12.6. The number of methoxy groups -OCH3 is 2. The molecule has 0 aliphatic carbocycles. The van der Waals surface area contributed by atoms with Gasteiger partial charge in [0.05, 0.1) is 20.6 Å². The molecule has 1 heterocycles. The molecule has 1 aromatic rings. The molecule has 1 aromatic carbocycles. The first-order valence-electron chi connectivity index (χ1n) is 7.27. The number of carbonyl (C=O) groups is 1. The van der Waals surface area contributed by atoms with Gasteiger partial charge in [-0.15, -0.1) is 0 Å². The SMILES string of the molecule is COC(=O)CC1CCCCN1Cc1ccc(OC)cc1F. The van der Waals surface area contributed by atoms with Crippen molar-refractivity contribution >= 4 is 5.97 Å². The van der Waals surface area contributed by atoms with E-state index in [1.807, 2.05) is 0 Å². The molecule has 0 amide bonds. The van der Waals surface area contributed by atoms with Gasteiger partial charge in [-0.1, -0.05) is 12.5 Å². The third kappa shape index (κ3) is 4.17. The summed E-state index contributed by atoms with van der Waals surface area (Å²) in [6.45, 7) is 1.39. The molecule has 1 atom stereocenters. The van der Waals surface area contributed by atoms with Crippen LogP contribution in [0.3, 0.4) is 0 Å². The van der Waals surface area contributed by atoms with E-state index in [0.29, 0.717) is 24.3 Å². The molecule has 5 heteroatoms. The number of carbonyl (C=O) groups excluding carboxylic acids is 1. The minimum Gasteiger partial charge on any atom is -0.497 e. The largest absolute Gasteiger partial charge is 0.497 e. The summed E-state index contributed by atoms with van der Waals surface area (Å²) in [5.74, 6) is 0.0415. The van der Waals surface area contributed by atoms with Crippen LogP contribution in [0.25, 0.3) is 0 Å². The van der Waals surface area contributed by atoms with Crippen LogP contribution in [0.1, 0.15) is 31.2 Å². The number of ether oxygens (including phenoxy) is 2. The van der Waals surface area contributed by atoms with Crippen molar-refractivity contribution in [3.8, 4) is 5.75 Å². The number of rotatable bonds is 5. The first kappa shape index (κ1) is 15.8. The lowest BCUT2D eigenvalue weighted by atomic mass is 9.98. The van der Waals surface area contributed by atoms with Gasteiger partial charge < -0.3 is 9.47 Å². The molecule has 1 saturated heterocycles. The number of benzene rings is 1. The average Bonchev–Trinajstić information content (AvgIpc) is 2.50. The minimum absolute atomic E-state index is 0.132. The molecule has 0 bridgehead atoms. The number of piperidine rings is 1. The molecule has 1 aliphatic rings. The summed E-state index contributed by atoms with van der Waals surface area (Å²) in [4.78, 5) is 13.7. The molecule has 1 unspecified atom stereocenters. The standard InChI is InChI=1S/C16H22FNO3/c1-20-14-7-6-12(15(17)10-14)11-18-8-4-3-5-13(18)9-16(19)21-2/h6-7,10,13H,3-5,8-9,11H2,1-2H3. The van der Waals surface area contributed by atoms with Gasteiger partial charge in [-0.3, -0.25) is 9.69 Å². The highest BCUT2D eigenvalue weighted by Gasteiger charge is 2.25. The van der Waals surface area contributed by atoms with Crippen LogP contribution in [0.2, 0.25) is 0 Å². The zero-order chi connectivity index (χ0) is 15.2. The predicted octanol–water partition coefficient (Wildman–Crippen LogP) is 2.75. The Morgan fingerprint density at radius 2 is 2.19 bits per heavy atom. The molecule has 0 spiro atoms. The fraction of sp³-hybridized carbons (Fsp3) is 0.562. The lowest BCUT2D eigenvalue weighted by Crippen LogP contribution is -2.40. The quantitative estimate of drug-likeness (QED) is 0.783. The highest BCUT2D eigenvalue weighted by Crippen LogP contribution is 2.24. The molecule has 4 nitrogen and oxygen atoms in total. The van der Waals surface area contributed by atoms with Crippen molar-refractivity contribution in [3.63, 3.8) is 0 Å². The van der Waals surface area contributed by atoms with Gasteiger partial charge in [-0.2, -0.15) is 0 Å². The molecule has 0 N–H and O–H groups in total. The van der Waals surface area contributed by atoms with Crippen LogP contribution in [0, 0.1) is 5.82 Å². The maximum absolute atomic E-state index is 14.0. The summed E-state index contributed by atoms with van der Waals surface area (Å²) in [5.41, 5.74) is 0.632. The third-order valence-electron chi connectivity index (χ3n) is 4.01. The van der Waals surface area contributed by atoms with E-state index in [-0.39, 0.29) is 17.8 Å². The lowest BCUT2D eigenvalue weighted by Gasteiger charge is -2.35. The second-order valence-corrected chi connectivity index (χ2v) is 5.36. The summed E-state index contributed by atoms with van der Waals surface area (Å²) >= 11 is 0. The Kier molecular flexibility index (Phi) is 5.56. The zero-order valence-electron chi connectivity index (χ0n) is 12.6. The van der Waals surface area contributed by atoms with Crippen LogP contribution in [0.4, 0.5) is 4.39 Å². The van der Waals surface area contributed by atoms with E-state index in [9.17, 15) is 9.18 Å². The summed E-state index contributed by atoms with van der Waals surface area (Å²) in [6.07, 6.45) is 3.50. The normalized spacial score (nSPS) is 19.3. The second kappa shape index (κ2) is 7.41. The van der Waals surface area contributed by atoms with Crippen molar-refractivity contribution in [2.24, 2.45) is 0 Å². The van der Waals surface area contributed by atoms with Gasteiger partial charge in [0.25, 0.3) is 0 Å². The van der Waals surface area contributed by atoms with Crippen LogP contribution in [0.5, 0.6) is 5.75 Å². The van der Waals surface area contributed by atoms with Crippen LogP contribution in [-0.2, 0) is 16.1 Å². The Morgan fingerprint density at radius 3 is 2.86 bits per heavy atom. The Balaban J connectivity index is 2.06. The summed E-state index contributed by atoms with van der Waals surface area (Å²) in [7, 11) is 2.92. The second-order valence-electron chi connectivity index (χ2n) is 5.36. The molecule has 1 aliphatic heterocycles. The monoisotopic (exact) mass is 295 g/mol. The summed E-state index contributed by atoms with van der Waals surface area (Å²) < 4.78 is 23.8. The van der Waals surface area contributed by atoms with E-state index in [1.165, 1.54) is 20.3 Å². The fourth-order valence-corrected chi connectivity index (χ4v) is 2.78. The average molecular weight is 295 g/mol. The highest BCUT2D eigenvalue weighted by molar-refractivity contribution is 5.69. The number of hydrogen-bond acceptors (Lipinski definition) is 4. The van der Waals surface area contributed by atoms with Crippen molar-refractivity contribution in [1.29, 1.82) is 0 Å². The molecule has 2 rings (SSSR count). The molecular weight excluding hydrogens is 273 g/mol. The molecule has 0 aromatic heterocycles. The Bertz CT molecular complexity index is 492. The Hall–Kier alpha value is -1.62. The summed E-state index contributed by atoms with van der Waals surface area (Å²) in [5, 5.41) is 0. The number of halogens is 1. The van der Waals surface area contributed by atoms with Crippen molar-refractivity contribution in [2.75, 3.05) is 20.8 Å². The van der Waals surface area contributed by atoms with E-state index in [0.717, 1.165) is 25.8 Å². The Morgan fingerprint density at radius 1 is 1.38 bits per heavy atom. The van der Waals surface area contributed by atoms with Crippen molar-refractivity contribution in [3.05, 3.63) is 29.6 Å². The number of esters is 1. The topological polar surface area (TPSA) is 38.8 Å². The molecule has 0 saturated carbocycles. The molecular formula is C16H22FNO3. The van der Waals surface area contributed by atoms with Gasteiger partial charge in [-0.05, 0) is 25.5 Å². The lowest BCUT2D eigenvalue weighted by molar-refractivity contribution is -0.142. The van der Waals surface area contributed by atoms with E-state index in [1.54, 1.807) is 12.1 Å². The number of hydrogen-bond donors (Lipinski definition) is 0. The van der Waals surface area contributed by atoms with E-state index >= 15 is 0 Å². The maximum Gasteiger partial charge on any atom is 0.307 e. The van der Waals surface area contributed by atoms with Gasteiger partial charge in [0.1, 0.15) is 11.6 Å². The van der Waals surface area contributed by atoms with Gasteiger partial charge in [0.2, 0.25) is 0 Å². The van der Waals surface area contributed by atoms with Crippen molar-refractivity contribution < 1.29 is 18.7 Å². The maximum atomic E-state index is 14.0. The van der Waals surface area contributed by atoms with Crippen LogP contribution >= 0.6 is 0 Å². The number of nitrogens with zero attached hydrogens (tertiary/aromatic N) is 1. The van der Waals surface area contributed by atoms with Gasteiger partial charge in [-0.25, -0.2) is 4.39 Å². The van der Waals surface area contributed by atoms with Gasteiger partial charge in [0, 0.05) is 24.2 Å². The molecule has 1 fully saturated rings. The smallest absolute Gasteiger partial charge is 0.307 e. The van der Waals surface area contributed by atoms with Gasteiger partial charge >= 0.3 is 5.97 Å². The minimum atomic E-state index is -0.267. The highest BCUT2D eigenvalue weighted by atomic mass is 19.1. The molecule has 21 heavy (non-hydrogen) atoms. The number of likely N-dealkylation sites (tertiary alicyclic amines) is 1. The van der Waals surface area contributed by atoms with Crippen LogP contribution < -0.4 is 4.74 Å². The van der Waals surface area contributed by atoms with Crippen molar-refractivity contribution in [1.82, 2.24) is 4.90 Å². The van der Waals surface area contributed by atoms with Crippen LogP contribution in [-0.4, -0.2) is 37.7 Å². The Labute approximate surface area is 124 Å². The van der Waals surface area contributed by atoms with E-state index in [4.69, 9.17) is 9.47 Å². The predicted molar refractivity (Wildman–Crippen MR) is 77.6 cm³/mol. The molecule has 116 valence electrons. The van der Waals surface area contributed by atoms with Crippen molar-refractivity contribution in [2.45, 2.75) is 38.3 Å². The van der Waals surface area contributed by atoms with Gasteiger partial charge in [0.15, 0.2) is 0 Å². The van der Waals surface area contributed by atoms with Crippen LogP contribution in [0.15, 0.2) is 18.2 Å². The summed E-state index contributed by atoms with van der Waals surface area (Å²) in [6, 6.07) is 5.04. The first-order valence-corrected chi connectivity index (χ1v) is 7.27. The van der Waals surface area contributed by atoms with E-state index < -0.39 is 0 Å². The molecule has 0 radical (unpaired) electrons.